The van der Waals surface area contributed by atoms with E-state index in [4.69, 9.17) is 0 Å². The lowest BCUT2D eigenvalue weighted by atomic mass is 10.1. The number of amides is 2. The van der Waals surface area contributed by atoms with Crippen LogP contribution in [0.15, 0.2) is 90.9 Å². The molecule has 2 amide bonds. The van der Waals surface area contributed by atoms with Crippen LogP contribution in [0.3, 0.4) is 0 Å². The summed E-state index contributed by atoms with van der Waals surface area (Å²) in [6.07, 6.45) is 6.14. The van der Waals surface area contributed by atoms with Crippen molar-refractivity contribution >= 4 is 39.7 Å². The van der Waals surface area contributed by atoms with Gasteiger partial charge in [0.1, 0.15) is 11.5 Å². The Hall–Kier alpha value is -4.65. The molecule has 3 N–H and O–H groups in total. The van der Waals surface area contributed by atoms with E-state index < -0.39 is 17.6 Å². The second-order valence-corrected chi connectivity index (χ2v) is 8.74. The minimum atomic E-state index is -0.685. The summed E-state index contributed by atoms with van der Waals surface area (Å²) in [6.45, 7) is 3.16. The highest BCUT2D eigenvalue weighted by Crippen LogP contribution is 2.24. The summed E-state index contributed by atoms with van der Waals surface area (Å²) in [4.78, 5) is 29.5. The molecule has 186 valence electrons. The summed E-state index contributed by atoms with van der Waals surface area (Å²) in [7, 11) is 0. The molecule has 0 aliphatic carbocycles. The predicted molar refractivity (Wildman–Crippen MR) is 144 cm³/mol. The molecular weight excluding hydrogens is 467 g/mol. The Labute approximate surface area is 213 Å². The third-order valence-corrected chi connectivity index (χ3v) is 6.43. The number of fused-ring (bicyclic) bond motifs is 2. The van der Waals surface area contributed by atoms with Crippen LogP contribution in [0.4, 0.5) is 4.39 Å². The summed E-state index contributed by atoms with van der Waals surface area (Å²) in [5.74, 6) is -1.78. The van der Waals surface area contributed by atoms with Crippen molar-refractivity contribution in [3.63, 3.8) is 0 Å². The number of halogens is 1. The van der Waals surface area contributed by atoms with Crippen molar-refractivity contribution in [1.82, 2.24) is 20.2 Å². The van der Waals surface area contributed by atoms with E-state index in [1.165, 1.54) is 18.2 Å². The lowest BCUT2D eigenvalue weighted by Gasteiger charge is -2.11. The minimum Gasteiger partial charge on any atom is -0.361 e. The summed E-state index contributed by atoms with van der Waals surface area (Å²) >= 11 is 0. The molecule has 0 saturated heterocycles. The highest BCUT2D eigenvalue weighted by atomic mass is 19.1. The van der Waals surface area contributed by atoms with Gasteiger partial charge in [-0.15, -0.1) is 0 Å². The van der Waals surface area contributed by atoms with Crippen LogP contribution in [0.2, 0.25) is 0 Å². The van der Waals surface area contributed by atoms with Gasteiger partial charge in [-0.2, -0.15) is 0 Å². The van der Waals surface area contributed by atoms with Gasteiger partial charge in [-0.1, -0.05) is 48.5 Å². The second kappa shape index (κ2) is 10.5. The van der Waals surface area contributed by atoms with Crippen molar-refractivity contribution in [3.8, 4) is 0 Å². The number of rotatable bonds is 8. The minimum absolute atomic E-state index is 0.0474. The largest absolute Gasteiger partial charge is 0.361 e. The maximum atomic E-state index is 14.3. The number of carbonyl (C=O) groups excluding carboxylic acids is 2. The Morgan fingerprint density at radius 2 is 1.70 bits per heavy atom. The van der Waals surface area contributed by atoms with E-state index in [1.807, 2.05) is 67.8 Å². The number of hydrogen-bond acceptors (Lipinski definition) is 2. The number of aromatic amines is 1. The van der Waals surface area contributed by atoms with E-state index in [1.54, 1.807) is 12.1 Å². The first kappa shape index (κ1) is 24.1. The monoisotopic (exact) mass is 494 g/mol. The lowest BCUT2D eigenvalue weighted by Crippen LogP contribution is -2.36. The molecule has 0 bridgehead atoms. The van der Waals surface area contributed by atoms with Crippen LogP contribution in [-0.4, -0.2) is 27.9 Å². The van der Waals surface area contributed by atoms with Crippen molar-refractivity contribution < 1.29 is 14.0 Å². The van der Waals surface area contributed by atoms with Gasteiger partial charge in [-0.3, -0.25) is 9.59 Å². The summed E-state index contributed by atoms with van der Waals surface area (Å²) in [5, 5.41) is 7.61. The van der Waals surface area contributed by atoms with Crippen molar-refractivity contribution in [2.75, 3.05) is 6.54 Å². The van der Waals surface area contributed by atoms with Crippen LogP contribution < -0.4 is 10.6 Å². The highest BCUT2D eigenvalue weighted by molar-refractivity contribution is 6.06. The van der Waals surface area contributed by atoms with Gasteiger partial charge in [-0.05, 0) is 49.2 Å². The first-order valence-electron chi connectivity index (χ1n) is 12.2. The zero-order chi connectivity index (χ0) is 25.8. The summed E-state index contributed by atoms with van der Waals surface area (Å²) in [5.41, 5.74) is 3.85. The second-order valence-electron chi connectivity index (χ2n) is 8.74. The Balaban J connectivity index is 1.42. The first-order valence-corrected chi connectivity index (χ1v) is 12.2. The quantitative estimate of drug-likeness (QED) is 0.252. The fourth-order valence-electron chi connectivity index (χ4n) is 4.55. The molecule has 0 aliphatic heterocycles. The molecular formula is C30H27FN4O2. The van der Waals surface area contributed by atoms with Crippen LogP contribution in [-0.2, 0) is 17.8 Å². The number of H-pyrrole nitrogens is 1. The Morgan fingerprint density at radius 1 is 0.973 bits per heavy atom. The van der Waals surface area contributed by atoms with Gasteiger partial charge in [0.15, 0.2) is 0 Å². The number of nitrogens with zero attached hydrogens (tertiary/aromatic N) is 1. The van der Waals surface area contributed by atoms with Gasteiger partial charge in [0.2, 0.25) is 0 Å². The number of aryl methyl sites for hydroxylation is 1. The van der Waals surface area contributed by atoms with Gasteiger partial charge in [0.05, 0.1) is 5.56 Å². The molecule has 0 unspecified atom stereocenters. The SMILES string of the molecule is CCn1cc(C=C(NC(=O)c2ccccc2F)C(=O)NCCc2c[nH]c3ccccc23)c2ccccc21. The molecule has 0 spiro atoms. The topological polar surface area (TPSA) is 78.9 Å². The molecule has 6 nitrogen and oxygen atoms in total. The van der Waals surface area contributed by atoms with Crippen molar-refractivity contribution in [1.29, 1.82) is 0 Å². The van der Waals surface area contributed by atoms with Gasteiger partial charge in [0.25, 0.3) is 11.8 Å². The Morgan fingerprint density at radius 3 is 2.51 bits per heavy atom. The first-order chi connectivity index (χ1) is 18.0. The zero-order valence-electron chi connectivity index (χ0n) is 20.4. The molecule has 0 aliphatic rings. The number of hydrogen-bond donors (Lipinski definition) is 3. The van der Waals surface area contributed by atoms with Crippen LogP contribution in [0, 0.1) is 5.82 Å². The third kappa shape index (κ3) is 5.02. The maximum absolute atomic E-state index is 14.3. The Kier molecular flexibility index (Phi) is 6.85. The summed E-state index contributed by atoms with van der Waals surface area (Å²) < 4.78 is 16.4. The predicted octanol–water partition coefficient (Wildman–Crippen LogP) is 5.41. The molecule has 3 aromatic carbocycles. The molecule has 0 saturated carbocycles. The average Bonchev–Trinajstić information content (AvgIpc) is 3.50. The molecule has 7 heteroatoms. The van der Waals surface area contributed by atoms with Gasteiger partial charge < -0.3 is 20.2 Å². The van der Waals surface area contributed by atoms with Crippen molar-refractivity contribution in [3.05, 3.63) is 113 Å². The van der Waals surface area contributed by atoms with Crippen LogP contribution in [0.1, 0.15) is 28.4 Å². The fraction of sp³-hybridized carbons (Fsp3) is 0.133. The number of para-hydroxylation sites is 2. The van der Waals surface area contributed by atoms with E-state index in [2.05, 4.69) is 20.2 Å². The molecule has 0 atom stereocenters. The Bertz CT molecular complexity index is 1630. The number of aromatic nitrogens is 2. The maximum Gasteiger partial charge on any atom is 0.267 e. The molecule has 2 aromatic heterocycles. The fourth-order valence-corrected chi connectivity index (χ4v) is 4.55. The summed E-state index contributed by atoms with van der Waals surface area (Å²) in [6, 6.07) is 21.5. The molecule has 5 rings (SSSR count). The number of benzene rings is 3. The zero-order valence-corrected chi connectivity index (χ0v) is 20.4. The smallest absolute Gasteiger partial charge is 0.267 e. The van der Waals surface area contributed by atoms with E-state index >= 15 is 0 Å². The average molecular weight is 495 g/mol. The van der Waals surface area contributed by atoms with E-state index in [-0.39, 0.29) is 11.3 Å². The van der Waals surface area contributed by atoms with E-state index in [9.17, 15) is 14.0 Å². The third-order valence-electron chi connectivity index (χ3n) is 6.43. The van der Waals surface area contributed by atoms with Gasteiger partial charge in [0, 0.05) is 52.9 Å². The molecule has 37 heavy (non-hydrogen) atoms. The molecule has 2 heterocycles. The molecule has 0 fully saturated rings. The normalized spacial score (nSPS) is 11.7. The van der Waals surface area contributed by atoms with Gasteiger partial charge >= 0.3 is 0 Å². The van der Waals surface area contributed by atoms with E-state index in [0.717, 1.165) is 39.5 Å². The lowest BCUT2D eigenvalue weighted by molar-refractivity contribution is -0.117. The van der Waals surface area contributed by atoms with Crippen LogP contribution in [0.5, 0.6) is 0 Å². The number of carbonyl (C=O) groups is 2. The highest BCUT2D eigenvalue weighted by Gasteiger charge is 2.18. The molecule has 0 radical (unpaired) electrons. The van der Waals surface area contributed by atoms with Crippen molar-refractivity contribution in [2.24, 2.45) is 0 Å². The van der Waals surface area contributed by atoms with Gasteiger partial charge in [-0.25, -0.2) is 4.39 Å². The number of nitrogens with one attached hydrogen (secondary N) is 3. The van der Waals surface area contributed by atoms with E-state index in [0.29, 0.717) is 13.0 Å². The standard InChI is InChI=1S/C30H27FN4O2/c1-2-35-19-21(23-10-5-8-14-28(23)35)17-27(34-29(36)24-11-3-6-12-25(24)31)30(37)32-16-15-20-18-33-26-13-7-4-9-22(20)26/h3-14,17-19,33H,2,15-16H2,1H3,(H,32,37)(H,34,36). The van der Waals surface area contributed by atoms with Crippen LogP contribution in [0.25, 0.3) is 27.9 Å². The van der Waals surface area contributed by atoms with Crippen LogP contribution >= 0.6 is 0 Å². The molecule has 5 aromatic rings. The van der Waals surface area contributed by atoms with Crippen molar-refractivity contribution in [2.45, 2.75) is 19.9 Å².